The molecule has 33 heavy (non-hydrogen) atoms. The molecule has 2 aromatic rings. The van der Waals surface area contributed by atoms with Crippen LogP contribution in [0.2, 0.25) is 0 Å². The first-order valence-electron chi connectivity index (χ1n) is 11.0. The highest BCUT2D eigenvalue weighted by Gasteiger charge is 2.35. The summed E-state index contributed by atoms with van der Waals surface area (Å²) in [6.07, 6.45) is 0.140. The number of carbonyl (C=O) groups excluding carboxylic acids is 2. The Balaban J connectivity index is 1.65. The van der Waals surface area contributed by atoms with Crippen molar-refractivity contribution >= 4 is 40.4 Å². The molecular weight excluding hydrogens is 449 g/mol. The second-order valence-corrected chi connectivity index (χ2v) is 10.5. The normalized spacial score (nSPS) is 19.8. The summed E-state index contributed by atoms with van der Waals surface area (Å²) in [4.78, 5) is 39.4. The SMILES string of the molecule is CCOC(=O)c1c2n(c3cc(N4CC[C@@H](NC(=O)OC(C)(C)C)C4)c(F)cc3c1=O)C(C)S2. The molecule has 178 valence electrons. The van der Waals surface area contributed by atoms with Crippen LogP contribution in [0.5, 0.6) is 0 Å². The van der Waals surface area contributed by atoms with E-state index in [9.17, 15) is 14.4 Å². The number of pyridine rings is 1. The van der Waals surface area contributed by atoms with Gasteiger partial charge in [-0.3, -0.25) is 4.79 Å². The fourth-order valence-electron chi connectivity index (χ4n) is 4.23. The predicted octanol–water partition coefficient (Wildman–Crippen LogP) is 4.04. The molecule has 1 saturated heterocycles. The molecule has 2 atom stereocenters. The summed E-state index contributed by atoms with van der Waals surface area (Å²) in [5.74, 6) is -1.24. The zero-order valence-electron chi connectivity index (χ0n) is 19.4. The number of fused-ring (bicyclic) bond motifs is 3. The zero-order valence-corrected chi connectivity index (χ0v) is 20.2. The van der Waals surface area contributed by atoms with Crippen molar-refractivity contribution < 1.29 is 23.5 Å². The van der Waals surface area contributed by atoms with E-state index >= 15 is 4.39 Å². The van der Waals surface area contributed by atoms with Crippen molar-refractivity contribution in [2.45, 2.75) is 63.1 Å². The summed E-state index contributed by atoms with van der Waals surface area (Å²) in [5.41, 5.74) is -0.223. The molecule has 10 heteroatoms. The van der Waals surface area contributed by atoms with Crippen LogP contribution >= 0.6 is 11.8 Å². The molecule has 0 spiro atoms. The van der Waals surface area contributed by atoms with Crippen LogP contribution in [0.1, 0.15) is 56.8 Å². The number of anilines is 1. The van der Waals surface area contributed by atoms with Gasteiger partial charge >= 0.3 is 12.1 Å². The molecule has 0 aliphatic carbocycles. The van der Waals surface area contributed by atoms with Crippen molar-refractivity contribution in [3.63, 3.8) is 0 Å². The Morgan fingerprint density at radius 2 is 2.03 bits per heavy atom. The molecule has 0 saturated carbocycles. The van der Waals surface area contributed by atoms with Crippen LogP contribution in [-0.2, 0) is 9.47 Å². The zero-order chi connectivity index (χ0) is 24.1. The number of hydrogen-bond donors (Lipinski definition) is 1. The van der Waals surface area contributed by atoms with E-state index in [2.05, 4.69) is 5.32 Å². The second-order valence-electron chi connectivity index (χ2n) is 9.22. The number of thioether (sulfide) groups is 1. The fraction of sp³-hybridized carbons (Fsp3) is 0.522. The molecule has 1 aromatic heterocycles. The quantitative estimate of drug-likeness (QED) is 0.665. The van der Waals surface area contributed by atoms with Gasteiger partial charge in [0.2, 0.25) is 5.43 Å². The number of hydrogen-bond acceptors (Lipinski definition) is 7. The maximum Gasteiger partial charge on any atom is 0.407 e. The lowest BCUT2D eigenvalue weighted by atomic mass is 10.1. The van der Waals surface area contributed by atoms with Gasteiger partial charge in [-0.25, -0.2) is 14.0 Å². The number of nitrogens with one attached hydrogen (secondary N) is 1. The maximum absolute atomic E-state index is 15.2. The molecule has 2 aliphatic rings. The van der Waals surface area contributed by atoms with E-state index in [0.29, 0.717) is 35.7 Å². The van der Waals surface area contributed by atoms with Crippen LogP contribution in [0.3, 0.4) is 0 Å². The Kier molecular flexibility index (Phi) is 6.07. The summed E-state index contributed by atoms with van der Waals surface area (Å²) in [7, 11) is 0. The van der Waals surface area contributed by atoms with E-state index in [4.69, 9.17) is 9.47 Å². The third-order valence-corrected chi connectivity index (χ3v) is 6.78. The van der Waals surface area contributed by atoms with Crippen LogP contribution in [0.15, 0.2) is 22.0 Å². The monoisotopic (exact) mass is 477 g/mol. The van der Waals surface area contributed by atoms with Crippen molar-refractivity contribution in [1.29, 1.82) is 0 Å². The number of alkyl carbamates (subject to hydrolysis) is 1. The van der Waals surface area contributed by atoms with Gasteiger partial charge in [0.25, 0.3) is 0 Å². The lowest BCUT2D eigenvalue weighted by Crippen LogP contribution is -2.40. The molecular formula is C23H28FN3O5S. The molecule has 0 radical (unpaired) electrons. The van der Waals surface area contributed by atoms with Gasteiger partial charge in [-0.1, -0.05) is 11.8 Å². The van der Waals surface area contributed by atoms with Crippen molar-refractivity contribution in [2.24, 2.45) is 0 Å². The van der Waals surface area contributed by atoms with Gasteiger partial charge in [0.15, 0.2) is 0 Å². The number of nitrogens with zero attached hydrogens (tertiary/aromatic N) is 2. The van der Waals surface area contributed by atoms with Gasteiger partial charge in [0.1, 0.15) is 17.0 Å². The maximum atomic E-state index is 15.2. The summed E-state index contributed by atoms with van der Waals surface area (Å²) in [6, 6.07) is 2.69. The van der Waals surface area contributed by atoms with Gasteiger partial charge < -0.3 is 24.3 Å². The van der Waals surface area contributed by atoms with Crippen LogP contribution in [0, 0.1) is 5.82 Å². The molecule has 1 unspecified atom stereocenters. The number of carbonyl (C=O) groups is 2. The first kappa shape index (κ1) is 23.4. The molecule has 0 bridgehead atoms. The third-order valence-electron chi connectivity index (χ3n) is 5.60. The van der Waals surface area contributed by atoms with E-state index in [1.807, 2.05) is 16.4 Å². The van der Waals surface area contributed by atoms with Gasteiger partial charge in [0.05, 0.1) is 34.3 Å². The molecule has 8 nitrogen and oxygen atoms in total. The topological polar surface area (TPSA) is 89.9 Å². The average molecular weight is 478 g/mol. The smallest absolute Gasteiger partial charge is 0.407 e. The summed E-state index contributed by atoms with van der Waals surface area (Å²) < 4.78 is 27.4. The third kappa shape index (κ3) is 4.40. The van der Waals surface area contributed by atoms with Crippen LogP contribution in [0.25, 0.3) is 10.9 Å². The highest BCUT2D eigenvalue weighted by atomic mass is 32.2. The Labute approximate surface area is 195 Å². The van der Waals surface area contributed by atoms with Crippen molar-refractivity contribution in [3.8, 4) is 0 Å². The Hall–Kier alpha value is -2.75. The molecule has 1 fully saturated rings. The molecule has 3 heterocycles. The molecule has 1 N–H and O–H groups in total. The van der Waals surface area contributed by atoms with Crippen LogP contribution in [-0.4, -0.2) is 48.0 Å². The number of ether oxygens (including phenoxy) is 2. The standard InChI is InChI=1S/C23H28FN3O5S/c1-6-31-21(29)18-19(28)14-9-15(24)17(10-16(14)27-12(2)33-20(18)27)26-8-7-13(11-26)25-22(30)32-23(3,4)5/h9-10,12-13H,6-8,11H2,1-5H3,(H,25,30)/t12?,13-/m1/s1. The van der Waals surface area contributed by atoms with Gasteiger partial charge in [-0.05, 0) is 53.2 Å². The Morgan fingerprint density at radius 1 is 1.30 bits per heavy atom. The first-order valence-corrected chi connectivity index (χ1v) is 11.9. The van der Waals surface area contributed by atoms with Crippen molar-refractivity contribution in [3.05, 3.63) is 33.7 Å². The number of benzene rings is 1. The highest BCUT2D eigenvalue weighted by molar-refractivity contribution is 8.00. The van der Waals surface area contributed by atoms with Crippen LogP contribution < -0.4 is 15.6 Å². The summed E-state index contributed by atoms with van der Waals surface area (Å²) in [5, 5.41) is 3.53. The summed E-state index contributed by atoms with van der Waals surface area (Å²) in [6.45, 7) is 10.1. The minimum Gasteiger partial charge on any atom is -0.462 e. The summed E-state index contributed by atoms with van der Waals surface area (Å²) >= 11 is 1.41. The Morgan fingerprint density at radius 3 is 2.67 bits per heavy atom. The van der Waals surface area contributed by atoms with E-state index in [0.717, 1.165) is 0 Å². The number of esters is 1. The largest absolute Gasteiger partial charge is 0.462 e. The fourth-order valence-corrected chi connectivity index (χ4v) is 5.38. The number of amides is 1. The number of halogens is 1. The van der Waals surface area contributed by atoms with E-state index in [1.165, 1.54) is 17.8 Å². The Bertz CT molecular complexity index is 1190. The highest BCUT2D eigenvalue weighted by Crippen LogP contribution is 2.47. The lowest BCUT2D eigenvalue weighted by Gasteiger charge is -2.33. The number of rotatable bonds is 4. The van der Waals surface area contributed by atoms with Gasteiger partial charge in [-0.2, -0.15) is 0 Å². The lowest BCUT2D eigenvalue weighted by molar-refractivity contribution is 0.0502. The van der Waals surface area contributed by atoms with Gasteiger partial charge in [0, 0.05) is 18.5 Å². The predicted molar refractivity (Wildman–Crippen MR) is 125 cm³/mol. The average Bonchev–Trinajstić information content (AvgIpc) is 3.14. The first-order chi connectivity index (χ1) is 15.5. The van der Waals surface area contributed by atoms with E-state index in [1.54, 1.807) is 33.8 Å². The minimum atomic E-state index is -0.687. The minimum absolute atomic E-state index is 0.00486. The second kappa shape index (κ2) is 8.55. The van der Waals surface area contributed by atoms with E-state index in [-0.39, 0.29) is 29.0 Å². The van der Waals surface area contributed by atoms with Crippen LogP contribution in [0.4, 0.5) is 14.9 Å². The molecule has 4 rings (SSSR count). The van der Waals surface area contributed by atoms with Crippen molar-refractivity contribution in [2.75, 3.05) is 24.6 Å². The van der Waals surface area contributed by atoms with Gasteiger partial charge in [-0.15, -0.1) is 0 Å². The number of aromatic nitrogens is 1. The van der Waals surface area contributed by atoms with Crippen molar-refractivity contribution in [1.82, 2.24) is 9.88 Å². The molecule has 1 amide bonds. The molecule has 2 aliphatic heterocycles. The molecule has 1 aromatic carbocycles. The van der Waals surface area contributed by atoms with E-state index < -0.39 is 28.9 Å².